The van der Waals surface area contributed by atoms with Crippen LogP contribution in [0.15, 0.2) is 59.1 Å². The van der Waals surface area contributed by atoms with Crippen LogP contribution in [0.3, 0.4) is 0 Å². The van der Waals surface area contributed by atoms with E-state index in [0.717, 1.165) is 13.8 Å². The van der Waals surface area contributed by atoms with Crippen molar-refractivity contribution in [1.29, 1.82) is 0 Å². The second kappa shape index (κ2) is 32.2. The van der Waals surface area contributed by atoms with Gasteiger partial charge in [-0.25, -0.2) is 14.3 Å². The Morgan fingerprint density at radius 1 is 0.679 bits per heavy atom. The molecule has 8 atom stereocenters. The topological polar surface area (TPSA) is 459 Å². The Balaban J connectivity index is 1.85. The predicted molar refractivity (Wildman–Crippen MR) is 301 cm³/mol. The largest absolute Gasteiger partial charge is 0.508 e. The average Bonchev–Trinajstić information content (AvgIpc) is 2.54. The highest BCUT2D eigenvalue weighted by atomic mass is 32.2. The summed E-state index contributed by atoms with van der Waals surface area (Å²) in [4.78, 5) is 179. The zero-order chi connectivity index (χ0) is 62.6. The molecule has 2 saturated heterocycles. The number of nitrogens with one attached hydrogen (secondary N) is 9. The number of phenols is 2. The van der Waals surface area contributed by atoms with E-state index in [1.807, 2.05) is 0 Å². The molecule has 2 aliphatic heterocycles. The number of benzene rings is 2. The fourth-order valence-electron chi connectivity index (χ4n) is 8.01. The normalized spacial score (nSPS) is 23.8. The number of carboxylic acid groups (broad SMARTS) is 1. The Morgan fingerprint density at radius 3 is 1.68 bits per heavy atom. The number of aliphatic carboxylic acids is 1. The number of cyclic esters (lactones) is 2. The number of carboxylic acids is 1. The van der Waals surface area contributed by atoms with Crippen molar-refractivity contribution in [2.75, 3.05) is 31.1 Å². The fourth-order valence-corrected chi connectivity index (χ4v) is 9.57. The molecule has 0 saturated carbocycles. The van der Waals surface area contributed by atoms with Crippen LogP contribution in [0, 0.1) is 0 Å². The zero-order valence-corrected chi connectivity index (χ0v) is 48.4. The summed E-state index contributed by atoms with van der Waals surface area (Å²) in [5, 5.41) is 58.4. The highest BCUT2D eigenvalue weighted by molar-refractivity contribution is 8.01. The second-order valence-electron chi connectivity index (χ2n) is 19.4. The molecule has 2 aliphatic rings. The first-order valence-corrected chi connectivity index (χ1v) is 27.9. The van der Waals surface area contributed by atoms with Crippen molar-refractivity contribution in [3.8, 4) is 11.5 Å². The lowest BCUT2D eigenvalue weighted by molar-refractivity contribution is -0.222. The van der Waals surface area contributed by atoms with Crippen molar-refractivity contribution in [2.24, 2.45) is 5.73 Å². The summed E-state index contributed by atoms with van der Waals surface area (Å²) in [6, 6.07) is -1.44. The maximum atomic E-state index is 14.4. The Bertz CT molecular complexity index is 2820. The Hall–Kier alpha value is -7.98. The van der Waals surface area contributed by atoms with Gasteiger partial charge < -0.3 is 78.2 Å². The highest BCUT2D eigenvalue weighted by Gasteiger charge is 2.43. The lowest BCUT2D eigenvalue weighted by Gasteiger charge is -2.32. The molecule has 84 heavy (non-hydrogen) atoms. The summed E-state index contributed by atoms with van der Waals surface area (Å²) < 4.78 is 13.0. The van der Waals surface area contributed by atoms with Crippen molar-refractivity contribution < 1.29 is 92.2 Å². The predicted octanol–water partition coefficient (Wildman–Crippen LogP) is -4.09. The van der Waals surface area contributed by atoms with E-state index in [-0.39, 0.29) is 62.1 Å². The lowest BCUT2D eigenvalue weighted by atomic mass is 10.0. The summed E-state index contributed by atoms with van der Waals surface area (Å²) in [6.45, 7) is 2.67. The van der Waals surface area contributed by atoms with Crippen LogP contribution < -0.4 is 53.0 Å². The summed E-state index contributed by atoms with van der Waals surface area (Å²) in [7, 11) is 0. The van der Waals surface area contributed by atoms with Crippen LogP contribution in [0.25, 0.3) is 0 Å². The molecule has 4 unspecified atom stereocenters. The molecule has 0 radical (unpaired) electrons. The van der Waals surface area contributed by atoms with E-state index in [9.17, 15) is 82.8 Å². The van der Waals surface area contributed by atoms with E-state index >= 15 is 0 Å². The number of hydrogen-bond acceptors (Lipinski definition) is 23. The van der Waals surface area contributed by atoms with Gasteiger partial charge in [-0.05, 0) is 80.1 Å². The van der Waals surface area contributed by atoms with E-state index in [1.165, 1.54) is 62.4 Å². The molecule has 2 fully saturated rings. The molecule has 10 amide bonds. The quantitative estimate of drug-likeness (QED) is 0.0226. The van der Waals surface area contributed by atoms with Gasteiger partial charge in [0, 0.05) is 45.1 Å². The average molecular weight is 1230 g/mol. The Morgan fingerprint density at radius 2 is 1.18 bits per heavy atom. The van der Waals surface area contributed by atoms with Gasteiger partial charge in [-0.1, -0.05) is 24.3 Å². The number of carbonyl (C=O) groups is 13. The third kappa shape index (κ3) is 20.7. The molecular weight excluding hydrogens is 1170 g/mol. The smallest absolute Gasteiger partial charge is 0.351 e. The van der Waals surface area contributed by atoms with Gasteiger partial charge in [0.2, 0.25) is 59.1 Å². The molecule has 2 aromatic rings. The second-order valence-corrected chi connectivity index (χ2v) is 21.0. The van der Waals surface area contributed by atoms with Gasteiger partial charge in [-0.3, -0.25) is 57.6 Å². The molecular formula is C51H67N11O19S3. The Kier molecular flexibility index (Phi) is 26.2. The maximum Gasteiger partial charge on any atom is 0.351 e. The number of phenolic OH excluding ortho intramolecular Hbond substituents is 2. The van der Waals surface area contributed by atoms with Gasteiger partial charge in [0.25, 0.3) is 5.79 Å². The van der Waals surface area contributed by atoms with Gasteiger partial charge in [-0.15, -0.1) is 0 Å². The van der Waals surface area contributed by atoms with Gasteiger partial charge in [-0.2, -0.15) is 25.3 Å². The molecule has 15 N–H and O–H groups in total. The van der Waals surface area contributed by atoms with Crippen molar-refractivity contribution >= 4 is 114 Å². The van der Waals surface area contributed by atoms with Crippen LogP contribution >= 0.6 is 37.2 Å². The number of thiol groups is 2. The number of rotatable bonds is 13. The molecule has 33 heteroatoms. The summed E-state index contributed by atoms with van der Waals surface area (Å²) in [6.07, 6.45) is -3.30. The van der Waals surface area contributed by atoms with E-state index in [0.29, 0.717) is 16.0 Å². The molecule has 0 aliphatic carbocycles. The molecule has 458 valence electrons. The minimum absolute atomic E-state index is 0.109. The minimum atomic E-state index is -2.10. The van der Waals surface area contributed by atoms with Crippen molar-refractivity contribution in [3.63, 3.8) is 0 Å². The molecule has 30 nitrogen and oxygen atoms in total. The SMILES string of the molecule is CC(=O)N1C(=O)[C@H](CS)NSC(=C2C(=O)OC(C)(C)OC2=O)NC(=O)C(CC(=O)O)NC(=O)[C@H](CCCCN)NC(=O)C(Cc2ccc(O)cc2)NC(=O)CNC(=O)C(Cc2ccc(O)cc2)NC(=O)[C@H]([C@@H](C)O)NC(=O)CNC(=O)C1CS. The summed E-state index contributed by atoms with van der Waals surface area (Å²) in [5.41, 5.74) is 5.41. The fraction of sp³-hybridized carbons (Fsp3) is 0.471. The third-order valence-corrected chi connectivity index (χ3v) is 13.9. The van der Waals surface area contributed by atoms with Crippen LogP contribution in [0.1, 0.15) is 64.5 Å². The van der Waals surface area contributed by atoms with E-state index in [4.69, 9.17) is 15.2 Å². The first-order valence-electron chi connectivity index (χ1n) is 25.8. The van der Waals surface area contributed by atoms with E-state index < -0.39 is 173 Å². The standard InChI is InChI=1S/C51H67N11O19S3/c1-24(63)40-46(76)58-31(17-26-8-12-28(65)13-9-26)41(71)53-20-36(67)55-32(18-27-10-14-29(66)15-11-27)43(73)56-30(7-5-6-16-52)42(72)57-33(19-38(69)70)44(74)60-47(39-49(78)80-51(3,4)81-50(39)79)84-61-34(22-82)48(77)62(25(2)64)35(23-83)45(75)54-21-37(68)59-40/h8-15,24,30-35,40,61,63,65-66,82-83H,5-7,16-23,52H2,1-4H3,(H,53,71)(H,54,75)(H,55,67)(H,56,73)(H,57,72)(H,58,76)(H,59,68)(H,60,74)(H,69,70)/t24-,30+,31?,32?,33?,34+,35?,40+/m1/s1. The van der Waals surface area contributed by atoms with Gasteiger partial charge in [0.15, 0.2) is 5.57 Å². The van der Waals surface area contributed by atoms with Crippen LogP contribution in [0.5, 0.6) is 11.5 Å². The number of aliphatic hydroxyl groups is 1. The molecule has 0 aromatic heterocycles. The molecule has 2 aromatic carbocycles. The number of carbonyl (C=O) groups excluding carboxylic acids is 12. The minimum Gasteiger partial charge on any atom is -0.508 e. The first-order chi connectivity index (χ1) is 39.6. The van der Waals surface area contributed by atoms with Crippen LogP contribution in [0.2, 0.25) is 0 Å². The number of aromatic hydroxyl groups is 2. The van der Waals surface area contributed by atoms with Crippen LogP contribution in [-0.4, -0.2) is 188 Å². The number of hydrogen-bond donors (Lipinski definition) is 16. The zero-order valence-electron chi connectivity index (χ0n) is 45.8. The number of aliphatic hydroxyl groups excluding tert-OH is 1. The molecule has 2 heterocycles. The van der Waals surface area contributed by atoms with Crippen molar-refractivity contribution in [1.82, 2.24) is 52.2 Å². The maximum absolute atomic E-state index is 14.4. The first kappa shape index (κ1) is 68.5. The van der Waals surface area contributed by atoms with E-state index in [2.05, 4.69) is 72.5 Å². The number of nitrogens with two attached hydrogens (primary N) is 1. The summed E-state index contributed by atoms with van der Waals surface area (Å²) in [5.74, 6) is -19.1. The van der Waals surface area contributed by atoms with Gasteiger partial charge in [0.05, 0.1) is 25.6 Å². The van der Waals surface area contributed by atoms with Crippen LogP contribution in [-0.2, 0) is 84.6 Å². The van der Waals surface area contributed by atoms with Gasteiger partial charge >= 0.3 is 17.9 Å². The molecule has 4 rings (SSSR count). The molecule has 0 spiro atoms. The number of unbranched alkanes of at least 4 members (excludes halogenated alkanes) is 1. The number of imide groups is 1. The van der Waals surface area contributed by atoms with E-state index in [1.54, 1.807) is 0 Å². The Labute approximate surface area is 495 Å². The number of nitrogens with zero attached hydrogens (tertiary/aromatic N) is 1. The monoisotopic (exact) mass is 1230 g/mol. The number of esters is 2. The number of ether oxygens (including phenoxy) is 2. The lowest BCUT2D eigenvalue weighted by Crippen LogP contribution is -2.60. The number of amides is 10. The van der Waals surface area contributed by atoms with Crippen molar-refractivity contribution in [3.05, 3.63) is 70.3 Å². The highest BCUT2D eigenvalue weighted by Crippen LogP contribution is 2.28. The third-order valence-electron chi connectivity index (χ3n) is 12.3. The van der Waals surface area contributed by atoms with Crippen molar-refractivity contribution in [2.45, 2.75) is 120 Å². The van der Waals surface area contributed by atoms with Gasteiger partial charge in [0.1, 0.15) is 58.8 Å². The summed E-state index contributed by atoms with van der Waals surface area (Å²) >= 11 is 8.52. The molecule has 0 bridgehead atoms. The van der Waals surface area contributed by atoms with Crippen LogP contribution in [0.4, 0.5) is 0 Å².